The first-order chi connectivity index (χ1) is 13.7. The summed E-state index contributed by atoms with van der Waals surface area (Å²) < 4.78 is 26.6. The number of hydrogen-bond acceptors (Lipinski definition) is 3. The normalized spacial score (nSPS) is 10.9. The van der Waals surface area contributed by atoms with E-state index < -0.39 is 0 Å². The lowest BCUT2D eigenvalue weighted by Gasteiger charge is -2.11. The van der Waals surface area contributed by atoms with E-state index in [2.05, 4.69) is 10.6 Å². The molecule has 0 amide bonds. The van der Waals surface area contributed by atoms with Gasteiger partial charge in [0.2, 0.25) is 0 Å². The number of halogens is 1. The fraction of sp³-hybridized carbons (Fsp3) is 0.174. The number of imidazole rings is 1. The van der Waals surface area contributed by atoms with Gasteiger partial charge in [-0.2, -0.15) is 0 Å². The number of para-hydroxylation sites is 2. The highest BCUT2D eigenvalue weighted by Crippen LogP contribution is 2.25. The van der Waals surface area contributed by atoms with Crippen molar-refractivity contribution in [2.24, 2.45) is 0 Å². The van der Waals surface area contributed by atoms with E-state index in [9.17, 15) is 4.39 Å². The Balaban J connectivity index is 1.52. The molecule has 142 valence electrons. The molecule has 4 rings (SSSR count). The average Bonchev–Trinajstić information content (AvgIpc) is 3.10. The van der Waals surface area contributed by atoms with E-state index in [-0.39, 0.29) is 5.82 Å². The van der Waals surface area contributed by atoms with Crippen molar-refractivity contribution in [3.63, 3.8) is 0 Å². The molecule has 0 unspecified atom stereocenters. The summed E-state index contributed by atoms with van der Waals surface area (Å²) in [6, 6.07) is 22.1. The van der Waals surface area contributed by atoms with Crippen molar-refractivity contribution in [2.75, 3.05) is 13.7 Å². The van der Waals surface area contributed by atoms with Crippen molar-refractivity contribution in [3.8, 4) is 22.9 Å². The highest BCUT2D eigenvalue weighted by molar-refractivity contribution is 5.80. The van der Waals surface area contributed by atoms with Gasteiger partial charge in [-0.15, -0.1) is 0 Å². The maximum absolute atomic E-state index is 13.3. The van der Waals surface area contributed by atoms with Gasteiger partial charge in [0.05, 0.1) is 24.8 Å². The fourth-order valence-corrected chi connectivity index (χ4v) is 3.22. The molecule has 0 aliphatic carbocycles. The lowest BCUT2D eigenvalue weighted by Crippen LogP contribution is -2.06. The largest absolute Gasteiger partial charge is 0.497 e. The molecule has 0 fully saturated rings. The van der Waals surface area contributed by atoms with Crippen LogP contribution in [0.2, 0.25) is 0 Å². The molecule has 0 aliphatic rings. The Kier molecular flexibility index (Phi) is 5.24. The lowest BCUT2D eigenvalue weighted by molar-refractivity contribution is 0.300. The van der Waals surface area contributed by atoms with Crippen molar-refractivity contribution < 1.29 is 13.9 Å². The number of hydrogen-bond donors (Lipinski definition) is 0. The Labute approximate surface area is 163 Å². The van der Waals surface area contributed by atoms with Crippen LogP contribution in [-0.2, 0) is 6.54 Å². The highest BCUT2D eigenvalue weighted by Gasteiger charge is 2.12. The highest BCUT2D eigenvalue weighted by atomic mass is 19.1. The number of fused-ring (bicyclic) bond motifs is 1. The Morgan fingerprint density at radius 1 is 0.929 bits per heavy atom. The third-order valence-corrected chi connectivity index (χ3v) is 4.59. The minimum Gasteiger partial charge on any atom is -0.497 e. The summed E-state index contributed by atoms with van der Waals surface area (Å²) in [7, 11) is 1.64. The smallest absolute Gasteiger partial charge is 0.141 e. The first kappa shape index (κ1) is 18.0. The molecule has 0 aliphatic heterocycles. The minimum atomic E-state index is -0.252. The van der Waals surface area contributed by atoms with E-state index >= 15 is 0 Å². The molecular weight excluding hydrogens is 355 g/mol. The third-order valence-electron chi connectivity index (χ3n) is 4.59. The summed E-state index contributed by atoms with van der Waals surface area (Å²) >= 11 is 0. The van der Waals surface area contributed by atoms with Crippen molar-refractivity contribution >= 4 is 11.0 Å². The number of aromatic nitrogens is 2. The summed E-state index contributed by atoms with van der Waals surface area (Å²) in [4.78, 5) is 4.76. The number of nitrogens with zero attached hydrogens (tertiary/aromatic N) is 2. The monoisotopic (exact) mass is 376 g/mol. The van der Waals surface area contributed by atoms with Crippen molar-refractivity contribution in [3.05, 3.63) is 78.6 Å². The van der Waals surface area contributed by atoms with Crippen molar-refractivity contribution in [2.45, 2.75) is 13.0 Å². The van der Waals surface area contributed by atoms with Crippen LogP contribution < -0.4 is 9.47 Å². The zero-order valence-corrected chi connectivity index (χ0v) is 15.6. The van der Waals surface area contributed by atoms with E-state index in [0.29, 0.717) is 6.61 Å². The number of ether oxygens (including phenoxy) is 2. The van der Waals surface area contributed by atoms with Gasteiger partial charge in [-0.3, -0.25) is 0 Å². The summed E-state index contributed by atoms with van der Waals surface area (Å²) in [5.74, 6) is 2.14. The van der Waals surface area contributed by atoms with Gasteiger partial charge in [-0.1, -0.05) is 18.2 Å². The molecule has 0 radical (unpaired) electrons. The van der Waals surface area contributed by atoms with E-state index in [0.717, 1.165) is 46.9 Å². The standard InChI is InChI=1S/C23H21FN2O2/c1-27-19-6-4-7-20(16-19)28-15-5-14-26-22-9-3-2-8-21(22)25-23(26)17-10-12-18(24)13-11-17/h2-4,6-13,16H,5,14-15H2,1H3. The summed E-state index contributed by atoms with van der Waals surface area (Å²) in [5, 5.41) is 0. The van der Waals surface area contributed by atoms with Crippen LogP contribution in [0.4, 0.5) is 4.39 Å². The Morgan fingerprint density at radius 3 is 2.54 bits per heavy atom. The van der Waals surface area contributed by atoms with Gasteiger partial charge in [-0.25, -0.2) is 9.37 Å². The van der Waals surface area contributed by atoms with Gasteiger partial charge >= 0.3 is 0 Å². The Hall–Kier alpha value is -3.34. The number of aryl methyl sites for hydroxylation is 1. The summed E-state index contributed by atoms with van der Waals surface area (Å²) in [5.41, 5.74) is 2.88. The number of rotatable bonds is 7. The molecule has 5 heteroatoms. The van der Waals surface area contributed by atoms with Gasteiger partial charge < -0.3 is 14.0 Å². The van der Waals surface area contributed by atoms with Crippen LogP contribution in [-0.4, -0.2) is 23.3 Å². The van der Waals surface area contributed by atoms with Crippen molar-refractivity contribution in [1.82, 2.24) is 9.55 Å². The first-order valence-corrected chi connectivity index (χ1v) is 9.22. The number of benzene rings is 3. The van der Waals surface area contributed by atoms with Crippen LogP contribution in [0.15, 0.2) is 72.8 Å². The van der Waals surface area contributed by atoms with Crippen LogP contribution in [0.3, 0.4) is 0 Å². The average molecular weight is 376 g/mol. The molecule has 3 aromatic carbocycles. The maximum Gasteiger partial charge on any atom is 0.141 e. The molecular formula is C23H21FN2O2. The van der Waals surface area contributed by atoms with Crippen molar-refractivity contribution in [1.29, 1.82) is 0 Å². The van der Waals surface area contributed by atoms with E-state index in [1.165, 1.54) is 12.1 Å². The van der Waals surface area contributed by atoms with Gasteiger partial charge in [0.1, 0.15) is 23.1 Å². The molecule has 0 atom stereocenters. The van der Waals surface area contributed by atoms with Gasteiger partial charge in [0.15, 0.2) is 0 Å². The second-order valence-corrected chi connectivity index (χ2v) is 6.46. The van der Waals surface area contributed by atoms with Crippen LogP contribution >= 0.6 is 0 Å². The van der Waals surface area contributed by atoms with Crippen LogP contribution in [0.25, 0.3) is 22.4 Å². The first-order valence-electron chi connectivity index (χ1n) is 9.22. The number of methoxy groups -OCH3 is 1. The molecule has 1 heterocycles. The molecule has 0 saturated heterocycles. The Morgan fingerprint density at radius 2 is 1.71 bits per heavy atom. The predicted octanol–water partition coefficient (Wildman–Crippen LogP) is 5.32. The topological polar surface area (TPSA) is 36.3 Å². The van der Waals surface area contributed by atoms with Crippen LogP contribution in [0.5, 0.6) is 11.5 Å². The van der Waals surface area contributed by atoms with Gasteiger partial charge in [0.25, 0.3) is 0 Å². The quantitative estimate of drug-likeness (QED) is 0.410. The minimum absolute atomic E-state index is 0.252. The molecule has 28 heavy (non-hydrogen) atoms. The zero-order valence-electron chi connectivity index (χ0n) is 15.6. The predicted molar refractivity (Wildman–Crippen MR) is 108 cm³/mol. The Bertz CT molecular complexity index is 1070. The molecule has 0 spiro atoms. The SMILES string of the molecule is COc1cccc(OCCCn2c(-c3ccc(F)cc3)nc3ccccc32)c1. The van der Waals surface area contributed by atoms with Crippen LogP contribution in [0, 0.1) is 5.82 Å². The molecule has 0 saturated carbocycles. The van der Waals surface area contributed by atoms with Gasteiger partial charge in [-0.05, 0) is 55.0 Å². The second-order valence-electron chi connectivity index (χ2n) is 6.46. The van der Waals surface area contributed by atoms with E-state index in [1.807, 2.05) is 42.5 Å². The summed E-state index contributed by atoms with van der Waals surface area (Å²) in [6.07, 6.45) is 0.811. The fourth-order valence-electron chi connectivity index (χ4n) is 3.22. The molecule has 4 aromatic rings. The molecule has 0 N–H and O–H groups in total. The molecule has 4 nitrogen and oxygen atoms in total. The lowest BCUT2D eigenvalue weighted by atomic mass is 10.2. The molecule has 0 bridgehead atoms. The molecule has 1 aromatic heterocycles. The van der Waals surface area contributed by atoms with Crippen LogP contribution in [0.1, 0.15) is 6.42 Å². The van der Waals surface area contributed by atoms with Gasteiger partial charge in [0, 0.05) is 18.2 Å². The van der Waals surface area contributed by atoms with E-state index in [1.54, 1.807) is 19.2 Å². The maximum atomic E-state index is 13.3. The third kappa shape index (κ3) is 3.83. The zero-order chi connectivity index (χ0) is 19.3. The second kappa shape index (κ2) is 8.13. The van der Waals surface area contributed by atoms with E-state index in [4.69, 9.17) is 14.5 Å². The summed E-state index contributed by atoms with van der Waals surface area (Å²) in [6.45, 7) is 1.32.